The Bertz CT molecular complexity index is 1070. The number of rotatable bonds is 5. The first-order valence-corrected chi connectivity index (χ1v) is 11.5. The molecule has 0 bridgehead atoms. The van der Waals surface area contributed by atoms with Crippen LogP contribution < -0.4 is 5.32 Å². The summed E-state index contributed by atoms with van der Waals surface area (Å²) in [6.45, 7) is 2.43. The molecule has 2 fully saturated rings. The second-order valence-corrected chi connectivity index (χ2v) is 9.46. The van der Waals surface area contributed by atoms with Crippen molar-refractivity contribution in [3.8, 4) is 11.1 Å². The Labute approximate surface area is 192 Å². The number of hydrogen-bond donors (Lipinski definition) is 2. The van der Waals surface area contributed by atoms with E-state index in [1.54, 1.807) is 11.8 Å². The van der Waals surface area contributed by atoms with Crippen LogP contribution in [-0.2, 0) is 14.3 Å². The normalized spacial score (nSPS) is 24.0. The number of amides is 2. The van der Waals surface area contributed by atoms with Crippen molar-refractivity contribution in [2.24, 2.45) is 11.3 Å². The number of ether oxygens (including phenoxy) is 1. The quantitative estimate of drug-likeness (QED) is 0.728. The Morgan fingerprint density at radius 3 is 2.36 bits per heavy atom. The van der Waals surface area contributed by atoms with Crippen LogP contribution in [0.15, 0.2) is 48.5 Å². The number of carboxylic acid groups (broad SMARTS) is 1. The van der Waals surface area contributed by atoms with E-state index >= 15 is 0 Å². The molecule has 0 aromatic heterocycles. The van der Waals surface area contributed by atoms with Crippen LogP contribution in [0.3, 0.4) is 0 Å². The molecule has 7 nitrogen and oxygen atoms in total. The van der Waals surface area contributed by atoms with Gasteiger partial charge in [0.15, 0.2) is 0 Å². The van der Waals surface area contributed by atoms with Crippen molar-refractivity contribution in [1.29, 1.82) is 0 Å². The molecule has 2 aromatic carbocycles. The third kappa shape index (κ3) is 3.56. The van der Waals surface area contributed by atoms with Crippen LogP contribution in [0.4, 0.5) is 4.79 Å². The molecular weight excluding hydrogens is 420 g/mol. The summed E-state index contributed by atoms with van der Waals surface area (Å²) < 4.78 is 5.54. The second-order valence-electron chi connectivity index (χ2n) is 9.46. The minimum atomic E-state index is -0.834. The SMILES string of the molecule is C[C@@H](NC(=O)OCC1c2ccccc2-c2ccccc21)C(=O)N1C[C@@H]2CCC[C@]2(C(=O)O)C1. The number of carbonyl (C=O) groups is 3. The monoisotopic (exact) mass is 448 g/mol. The van der Waals surface area contributed by atoms with Gasteiger partial charge in [0.1, 0.15) is 12.6 Å². The molecule has 5 rings (SSSR count). The van der Waals surface area contributed by atoms with Gasteiger partial charge in [0, 0.05) is 19.0 Å². The maximum absolute atomic E-state index is 12.9. The summed E-state index contributed by atoms with van der Waals surface area (Å²) >= 11 is 0. The standard InChI is InChI=1S/C26H28N2O5/c1-16(23(29)28-13-17-7-6-12-26(17,15-28)24(30)31)27-25(32)33-14-22-20-10-4-2-8-18(20)19-9-3-5-11-21(19)22/h2-5,8-11,16-17,22H,6-7,12-15H2,1H3,(H,27,32)(H,30,31)/t16-,17+,26+/m1/s1. The van der Waals surface area contributed by atoms with Crippen molar-refractivity contribution in [3.63, 3.8) is 0 Å². The van der Waals surface area contributed by atoms with Gasteiger partial charge in [-0.2, -0.15) is 0 Å². The molecule has 1 heterocycles. The maximum atomic E-state index is 12.9. The molecule has 0 radical (unpaired) electrons. The summed E-state index contributed by atoms with van der Waals surface area (Å²) in [4.78, 5) is 38.9. The van der Waals surface area contributed by atoms with E-state index in [0.717, 1.165) is 35.1 Å². The van der Waals surface area contributed by atoms with Crippen molar-refractivity contribution >= 4 is 18.0 Å². The molecule has 172 valence electrons. The Morgan fingerprint density at radius 2 is 1.76 bits per heavy atom. The number of nitrogens with zero attached hydrogens (tertiary/aromatic N) is 1. The first-order valence-electron chi connectivity index (χ1n) is 11.5. The number of likely N-dealkylation sites (tertiary alicyclic amines) is 1. The van der Waals surface area contributed by atoms with E-state index in [1.165, 1.54) is 0 Å². The van der Waals surface area contributed by atoms with E-state index in [9.17, 15) is 19.5 Å². The van der Waals surface area contributed by atoms with E-state index in [2.05, 4.69) is 29.6 Å². The first kappa shape index (κ1) is 21.5. The molecule has 3 aliphatic rings. The van der Waals surface area contributed by atoms with Gasteiger partial charge in [0.05, 0.1) is 5.41 Å². The van der Waals surface area contributed by atoms with E-state index in [4.69, 9.17) is 4.74 Å². The highest BCUT2D eigenvalue weighted by Gasteiger charge is 2.56. The fraction of sp³-hybridized carbons (Fsp3) is 0.423. The summed E-state index contributed by atoms with van der Waals surface area (Å²) in [5, 5.41) is 12.4. The average Bonchev–Trinajstić information content (AvgIpc) is 3.47. The van der Waals surface area contributed by atoms with Crippen molar-refractivity contribution in [2.75, 3.05) is 19.7 Å². The van der Waals surface area contributed by atoms with Crippen LogP contribution >= 0.6 is 0 Å². The van der Waals surface area contributed by atoms with Crippen LogP contribution in [0, 0.1) is 11.3 Å². The molecule has 2 amide bonds. The molecule has 3 atom stereocenters. The van der Waals surface area contributed by atoms with Gasteiger partial charge in [0.2, 0.25) is 5.91 Å². The number of nitrogens with one attached hydrogen (secondary N) is 1. The molecule has 1 aliphatic heterocycles. The van der Waals surface area contributed by atoms with E-state index in [1.807, 2.05) is 24.3 Å². The highest BCUT2D eigenvalue weighted by Crippen LogP contribution is 2.49. The third-order valence-electron chi connectivity index (χ3n) is 7.66. The zero-order chi connectivity index (χ0) is 23.2. The molecule has 2 aromatic rings. The number of carbonyl (C=O) groups excluding carboxylic acids is 2. The van der Waals surface area contributed by atoms with Gasteiger partial charge in [-0.25, -0.2) is 4.79 Å². The number of hydrogen-bond acceptors (Lipinski definition) is 4. The molecule has 0 unspecified atom stereocenters. The third-order valence-corrected chi connectivity index (χ3v) is 7.66. The summed E-state index contributed by atoms with van der Waals surface area (Å²) in [5.41, 5.74) is 3.71. The molecular formula is C26H28N2O5. The predicted molar refractivity (Wildman–Crippen MR) is 122 cm³/mol. The Kier molecular flexibility index (Phi) is 5.35. The Balaban J connectivity index is 1.20. The number of benzene rings is 2. The molecule has 33 heavy (non-hydrogen) atoms. The molecule has 2 N–H and O–H groups in total. The van der Waals surface area contributed by atoms with Gasteiger partial charge in [-0.3, -0.25) is 9.59 Å². The maximum Gasteiger partial charge on any atom is 0.407 e. The highest BCUT2D eigenvalue weighted by molar-refractivity contribution is 5.87. The fourth-order valence-electron chi connectivity index (χ4n) is 5.96. The Hall–Kier alpha value is -3.35. The molecule has 1 saturated heterocycles. The molecule has 0 spiro atoms. The lowest BCUT2D eigenvalue weighted by Gasteiger charge is -2.25. The summed E-state index contributed by atoms with van der Waals surface area (Å²) in [5.74, 6) is -1.15. The van der Waals surface area contributed by atoms with E-state index in [-0.39, 0.29) is 30.9 Å². The summed E-state index contributed by atoms with van der Waals surface area (Å²) in [6, 6.07) is 15.4. The van der Waals surface area contributed by atoms with Crippen molar-refractivity contribution in [3.05, 3.63) is 59.7 Å². The van der Waals surface area contributed by atoms with Gasteiger partial charge < -0.3 is 20.1 Å². The predicted octanol–water partition coefficient (Wildman–Crippen LogP) is 3.63. The van der Waals surface area contributed by atoms with E-state index in [0.29, 0.717) is 13.0 Å². The lowest BCUT2D eigenvalue weighted by Crippen LogP contribution is -2.47. The molecule has 7 heteroatoms. The minimum absolute atomic E-state index is 0.0133. The van der Waals surface area contributed by atoms with E-state index < -0.39 is 23.5 Å². The molecule has 1 saturated carbocycles. The minimum Gasteiger partial charge on any atom is -0.481 e. The number of aliphatic carboxylic acids is 1. The highest BCUT2D eigenvalue weighted by atomic mass is 16.5. The molecule has 2 aliphatic carbocycles. The van der Waals surface area contributed by atoms with Crippen LogP contribution in [0.1, 0.15) is 43.2 Å². The van der Waals surface area contributed by atoms with Crippen LogP contribution in [0.2, 0.25) is 0 Å². The summed E-state index contributed by atoms with van der Waals surface area (Å²) in [7, 11) is 0. The zero-order valence-corrected chi connectivity index (χ0v) is 18.6. The van der Waals surface area contributed by atoms with Crippen molar-refractivity contribution in [1.82, 2.24) is 10.2 Å². The topological polar surface area (TPSA) is 95.9 Å². The van der Waals surface area contributed by atoms with Gasteiger partial charge in [0.25, 0.3) is 0 Å². The lowest BCUT2D eigenvalue weighted by molar-refractivity contribution is -0.149. The summed E-state index contributed by atoms with van der Waals surface area (Å²) in [6.07, 6.45) is 1.66. The largest absolute Gasteiger partial charge is 0.481 e. The fourth-order valence-corrected chi connectivity index (χ4v) is 5.96. The Morgan fingerprint density at radius 1 is 1.12 bits per heavy atom. The average molecular weight is 449 g/mol. The van der Waals surface area contributed by atoms with Crippen LogP contribution in [-0.4, -0.2) is 53.7 Å². The van der Waals surface area contributed by atoms with Crippen molar-refractivity contribution < 1.29 is 24.2 Å². The lowest BCUT2D eigenvalue weighted by atomic mass is 9.81. The van der Waals surface area contributed by atoms with Crippen LogP contribution in [0.5, 0.6) is 0 Å². The van der Waals surface area contributed by atoms with Gasteiger partial charge in [-0.05, 0) is 47.9 Å². The van der Waals surface area contributed by atoms with Gasteiger partial charge in [-0.15, -0.1) is 0 Å². The number of fused-ring (bicyclic) bond motifs is 4. The van der Waals surface area contributed by atoms with Crippen molar-refractivity contribution in [2.45, 2.75) is 38.1 Å². The smallest absolute Gasteiger partial charge is 0.407 e. The van der Waals surface area contributed by atoms with Crippen LogP contribution in [0.25, 0.3) is 11.1 Å². The second kappa shape index (κ2) is 8.21. The first-order chi connectivity index (χ1) is 15.9. The number of alkyl carbamates (subject to hydrolysis) is 1. The zero-order valence-electron chi connectivity index (χ0n) is 18.6. The van der Waals surface area contributed by atoms with Gasteiger partial charge >= 0.3 is 12.1 Å². The van der Waals surface area contributed by atoms with Gasteiger partial charge in [-0.1, -0.05) is 55.0 Å². The number of carboxylic acids is 1.